The van der Waals surface area contributed by atoms with Crippen LogP contribution in [0.15, 0.2) is 97.1 Å². The molecule has 1 aliphatic rings. The van der Waals surface area contributed by atoms with Gasteiger partial charge in [0.1, 0.15) is 46.3 Å². The van der Waals surface area contributed by atoms with Crippen LogP contribution < -0.4 is 15.2 Å². The fraction of sp³-hybridized carbons (Fsp3) is 0.264. The average molecular weight is 924 g/mol. The van der Waals surface area contributed by atoms with Crippen molar-refractivity contribution >= 4 is 11.6 Å². The third-order valence-corrected chi connectivity index (χ3v) is 11.2. The second-order valence-corrected chi connectivity index (χ2v) is 16.0. The molecule has 66 heavy (non-hydrogen) atoms. The second-order valence-electron chi connectivity index (χ2n) is 16.0. The molecule has 0 saturated carbocycles. The molecule has 7 rings (SSSR count). The Morgan fingerprint density at radius 3 is 1.64 bits per heavy atom. The summed E-state index contributed by atoms with van der Waals surface area (Å²) >= 11 is 0. The minimum atomic E-state index is -4.46. The zero-order valence-corrected chi connectivity index (χ0v) is 36.9. The average Bonchev–Trinajstić information content (AvgIpc) is 3.23. The van der Waals surface area contributed by atoms with Crippen molar-refractivity contribution in [3.8, 4) is 23.0 Å². The fourth-order valence-corrected chi connectivity index (χ4v) is 8.02. The Hall–Kier alpha value is -6.24. The first-order valence-corrected chi connectivity index (χ1v) is 21.0. The van der Waals surface area contributed by atoms with Gasteiger partial charge >= 0.3 is 12.4 Å². The molecule has 0 aliphatic carbocycles. The van der Waals surface area contributed by atoms with Crippen molar-refractivity contribution in [2.75, 3.05) is 0 Å². The molecule has 350 valence electrons. The first-order valence-electron chi connectivity index (χ1n) is 21.0. The molecule has 1 atom stereocenters. The topological polar surface area (TPSA) is 49.7 Å². The van der Waals surface area contributed by atoms with E-state index in [1.807, 2.05) is 45.0 Å². The third kappa shape index (κ3) is 11.8. The van der Waals surface area contributed by atoms with E-state index in [1.165, 1.54) is 30.3 Å². The summed E-state index contributed by atoms with van der Waals surface area (Å²) in [5.74, 6) is -3.57. The minimum absolute atomic E-state index is 0. The standard InChI is InChI=1S/C26H25F5O2.C26H21F5O.CH3/c1-3-6-16-11-23(32)19(13-21(16)27)25(18-8-5-4-7-15(18)2)20-14-22(28)17(12-24(20)33)9-10-26(29,30)31;1-3-6-16-11-23-19(13-21(16)27)25(18-8-5-4-7-15(18)2)20-14-22(28)17(12-24(20)32-23)9-10-26(29,30)31;/h4-5,7-8,11-14,25,32-33H,3,6,9-10H2,1-2H3;4-5,7-9,11-14H,3,6,10H2,1-2H3;1H3/q;;-1/b;17-9-;. The Balaban J connectivity index is 0.000000244. The summed E-state index contributed by atoms with van der Waals surface area (Å²) in [4.78, 5) is 0. The number of halogens is 10. The molecule has 6 aromatic rings. The van der Waals surface area contributed by atoms with Gasteiger partial charge in [0.25, 0.3) is 0 Å². The van der Waals surface area contributed by atoms with Crippen molar-refractivity contribution in [1.29, 1.82) is 0 Å². The predicted molar refractivity (Wildman–Crippen MR) is 237 cm³/mol. The van der Waals surface area contributed by atoms with Crippen molar-refractivity contribution in [2.45, 2.75) is 90.9 Å². The SMILES string of the molecule is CCCc1cc(O)c(C(c2ccccc2C)c2cc(F)c(CCC(F)(F)F)cc2O)cc1F.CCCc1cc2c(cc1F)C(c1ccccc1C)=c1cc(F)/c(=C\CC(F)(F)F)cc1O2.[CH3-]. The van der Waals surface area contributed by atoms with Gasteiger partial charge in [-0.2, -0.15) is 26.3 Å². The molecule has 0 amide bonds. The van der Waals surface area contributed by atoms with Crippen molar-refractivity contribution < 1.29 is 58.9 Å². The maximum Gasteiger partial charge on any atom is 0.392 e. The molecule has 0 spiro atoms. The van der Waals surface area contributed by atoms with E-state index in [1.54, 1.807) is 37.3 Å². The first-order chi connectivity index (χ1) is 30.7. The van der Waals surface area contributed by atoms with E-state index in [0.717, 1.165) is 41.3 Å². The largest absolute Gasteiger partial charge is 0.508 e. The molecule has 1 heterocycles. The van der Waals surface area contributed by atoms with Gasteiger partial charge in [-0.1, -0.05) is 81.3 Å². The van der Waals surface area contributed by atoms with Crippen LogP contribution in [0.25, 0.3) is 11.6 Å². The number of hydrogen-bond acceptors (Lipinski definition) is 3. The summed E-state index contributed by atoms with van der Waals surface area (Å²) in [6, 6.07) is 24.3. The Morgan fingerprint density at radius 2 is 1.09 bits per heavy atom. The number of phenolic OH excluding ortho intramolecular Hbond substituents is 2. The lowest BCUT2D eigenvalue weighted by atomic mass is 9.81. The molecule has 0 bridgehead atoms. The maximum absolute atomic E-state index is 14.8. The van der Waals surface area contributed by atoms with Crippen LogP contribution in [-0.4, -0.2) is 22.6 Å². The lowest BCUT2D eigenvalue weighted by molar-refractivity contribution is -0.134. The van der Waals surface area contributed by atoms with Gasteiger partial charge in [-0.25, -0.2) is 17.6 Å². The Morgan fingerprint density at radius 1 is 0.561 bits per heavy atom. The van der Waals surface area contributed by atoms with E-state index in [2.05, 4.69) is 0 Å². The summed E-state index contributed by atoms with van der Waals surface area (Å²) in [5, 5.41) is 21.6. The van der Waals surface area contributed by atoms with Crippen LogP contribution in [-0.2, 0) is 19.3 Å². The lowest BCUT2D eigenvalue weighted by Gasteiger charge is -2.24. The smallest absolute Gasteiger partial charge is 0.392 e. The first kappa shape index (κ1) is 50.8. The molecule has 3 nitrogen and oxygen atoms in total. The molecule has 0 saturated heterocycles. The number of ether oxygens (including phenoxy) is 1. The van der Waals surface area contributed by atoms with Crippen molar-refractivity contribution in [3.63, 3.8) is 0 Å². The highest BCUT2D eigenvalue weighted by molar-refractivity contribution is 5.86. The van der Waals surface area contributed by atoms with Gasteiger partial charge < -0.3 is 22.4 Å². The Kier molecular flexibility index (Phi) is 16.1. The third-order valence-electron chi connectivity index (χ3n) is 11.2. The number of fused-ring (bicyclic) bond motifs is 2. The quantitative estimate of drug-likeness (QED) is 0.0772. The zero-order valence-electron chi connectivity index (χ0n) is 36.9. The highest BCUT2D eigenvalue weighted by atomic mass is 19.4. The number of aryl methyl sites for hydroxylation is 5. The van der Waals surface area contributed by atoms with E-state index in [9.17, 15) is 54.1 Å². The van der Waals surface area contributed by atoms with E-state index in [4.69, 9.17) is 4.74 Å². The molecule has 6 aromatic carbocycles. The van der Waals surface area contributed by atoms with Gasteiger partial charge in [0.05, 0.1) is 6.42 Å². The molecular formula is C53H49F10O3-. The van der Waals surface area contributed by atoms with Crippen molar-refractivity contribution in [1.82, 2.24) is 0 Å². The van der Waals surface area contributed by atoms with E-state index in [-0.39, 0.29) is 46.7 Å². The van der Waals surface area contributed by atoms with Crippen LogP contribution in [0.3, 0.4) is 0 Å². The second kappa shape index (κ2) is 20.9. The normalized spacial score (nSPS) is 12.9. The number of rotatable bonds is 11. The van der Waals surface area contributed by atoms with Gasteiger partial charge in [0.2, 0.25) is 0 Å². The molecule has 0 aromatic heterocycles. The van der Waals surface area contributed by atoms with Crippen LogP contribution in [0, 0.1) is 44.5 Å². The van der Waals surface area contributed by atoms with Crippen LogP contribution in [0.2, 0.25) is 0 Å². The maximum atomic E-state index is 14.8. The highest BCUT2D eigenvalue weighted by Crippen LogP contribution is 2.44. The number of benzene rings is 6. The summed E-state index contributed by atoms with van der Waals surface area (Å²) in [6.07, 6.45) is -8.86. The molecule has 0 fully saturated rings. The summed E-state index contributed by atoms with van der Waals surface area (Å²) < 4.78 is 141. The van der Waals surface area contributed by atoms with E-state index in [0.29, 0.717) is 58.1 Å². The fourth-order valence-electron chi connectivity index (χ4n) is 8.02. The summed E-state index contributed by atoms with van der Waals surface area (Å²) in [5.41, 5.74) is 4.78. The number of alkyl halides is 6. The van der Waals surface area contributed by atoms with E-state index < -0.39 is 60.7 Å². The predicted octanol–water partition coefficient (Wildman–Crippen LogP) is 14.1. The van der Waals surface area contributed by atoms with Crippen LogP contribution >= 0.6 is 0 Å². The number of hydrogen-bond donors (Lipinski definition) is 2. The Labute approximate surface area is 377 Å². The molecule has 13 heteroatoms. The van der Waals surface area contributed by atoms with E-state index >= 15 is 0 Å². The molecule has 1 aliphatic heterocycles. The van der Waals surface area contributed by atoms with Crippen molar-refractivity contribution in [3.05, 3.63) is 194 Å². The summed E-state index contributed by atoms with van der Waals surface area (Å²) in [6.45, 7) is 7.49. The highest BCUT2D eigenvalue weighted by Gasteiger charge is 2.31. The van der Waals surface area contributed by atoms with Gasteiger partial charge in [-0.3, -0.25) is 0 Å². The van der Waals surface area contributed by atoms with Gasteiger partial charge in [-0.15, -0.1) is 0 Å². The van der Waals surface area contributed by atoms with Crippen LogP contribution in [0.4, 0.5) is 43.9 Å². The lowest BCUT2D eigenvalue weighted by Crippen LogP contribution is -2.23. The summed E-state index contributed by atoms with van der Waals surface area (Å²) in [7, 11) is 0. The minimum Gasteiger partial charge on any atom is -0.508 e. The molecule has 2 N–H and O–H groups in total. The Bertz CT molecular complexity index is 2830. The number of phenols is 2. The molecule has 0 radical (unpaired) electrons. The monoisotopic (exact) mass is 923 g/mol. The van der Waals surface area contributed by atoms with Gasteiger partial charge in [0.15, 0.2) is 0 Å². The van der Waals surface area contributed by atoms with Crippen LogP contribution in [0.5, 0.6) is 23.0 Å². The van der Waals surface area contributed by atoms with Gasteiger partial charge in [0, 0.05) is 45.0 Å². The molecular weight excluding hydrogens is 875 g/mol. The zero-order chi connectivity index (χ0) is 47.4. The van der Waals surface area contributed by atoms with Crippen LogP contribution in [0.1, 0.15) is 101 Å². The molecule has 1 unspecified atom stereocenters. The van der Waals surface area contributed by atoms with Gasteiger partial charge in [-0.05, 0) is 121 Å². The van der Waals surface area contributed by atoms with Crippen molar-refractivity contribution in [2.24, 2.45) is 0 Å². The number of aromatic hydroxyl groups is 2.